The number of esters is 1. The molecule has 0 atom stereocenters. The van der Waals surface area contributed by atoms with Crippen LogP contribution in [0.2, 0.25) is 0 Å². The first-order chi connectivity index (χ1) is 11.8. The number of primary sulfonamides is 1. The summed E-state index contributed by atoms with van der Waals surface area (Å²) in [7, 11) is -3.77. The Morgan fingerprint density at radius 3 is 2.04 bits per heavy atom. The van der Waals surface area contributed by atoms with Crippen LogP contribution in [0.4, 0.5) is 0 Å². The molecule has 0 radical (unpaired) electrons. The van der Waals surface area contributed by atoms with E-state index in [0.29, 0.717) is 11.1 Å². The minimum Gasteiger partial charge on any atom is -0.457 e. The second kappa shape index (κ2) is 7.73. The molecule has 0 aliphatic carbocycles. The van der Waals surface area contributed by atoms with E-state index in [1.807, 2.05) is 0 Å². The van der Waals surface area contributed by atoms with Crippen LogP contribution in [0.5, 0.6) is 0 Å². The first-order valence-electron chi connectivity index (χ1n) is 6.91. The number of carbonyl (C=O) groups is 1. The maximum absolute atomic E-state index is 11.9. The van der Waals surface area contributed by atoms with Gasteiger partial charge in [0.2, 0.25) is 10.0 Å². The Hall–Kier alpha value is -2.98. The number of ether oxygens (including phenoxy) is 1. The maximum Gasteiger partial charge on any atom is 0.338 e. The van der Waals surface area contributed by atoms with Gasteiger partial charge in [-0.05, 0) is 35.4 Å². The van der Waals surface area contributed by atoms with Gasteiger partial charge in [0.15, 0.2) is 0 Å². The highest BCUT2D eigenvalue weighted by Crippen LogP contribution is 2.12. The number of carbonyl (C=O) groups excluding carboxylic acids is 1. The molecule has 0 aromatic heterocycles. The van der Waals surface area contributed by atoms with Crippen molar-refractivity contribution in [2.75, 3.05) is 0 Å². The Kier molecular flexibility index (Phi) is 5.67. The van der Waals surface area contributed by atoms with Crippen molar-refractivity contribution in [1.82, 2.24) is 0 Å². The van der Waals surface area contributed by atoms with E-state index in [0.717, 1.165) is 0 Å². The summed E-state index contributed by atoms with van der Waals surface area (Å²) >= 11 is 0. The van der Waals surface area contributed by atoms with Gasteiger partial charge in [-0.2, -0.15) is 0 Å². The van der Waals surface area contributed by atoms with Crippen molar-refractivity contribution < 1.29 is 27.9 Å². The zero-order valence-electron chi connectivity index (χ0n) is 12.8. The standard InChI is InChI=1S/C15H14N2O7S/c16-25(21,22)14-7-3-11(4-8-14)9-23-15(18)13-5-1-12(2-6-13)10-24-17(19)20/h1-8H,9-10H2,(H2,16,21,22). The number of nitrogens with two attached hydrogens (primary N) is 1. The molecule has 2 aromatic rings. The normalized spacial score (nSPS) is 10.9. The predicted octanol–water partition coefficient (Wildman–Crippen LogP) is 1.40. The van der Waals surface area contributed by atoms with Gasteiger partial charge >= 0.3 is 5.97 Å². The van der Waals surface area contributed by atoms with Crippen LogP contribution in [-0.2, 0) is 32.8 Å². The molecule has 10 heteroatoms. The molecule has 0 saturated heterocycles. The summed E-state index contributed by atoms with van der Waals surface area (Å²) in [6.07, 6.45) is 0. The Morgan fingerprint density at radius 2 is 1.52 bits per heavy atom. The van der Waals surface area contributed by atoms with E-state index < -0.39 is 21.1 Å². The van der Waals surface area contributed by atoms with E-state index in [2.05, 4.69) is 4.84 Å². The molecular formula is C15H14N2O7S. The molecule has 132 valence electrons. The molecule has 2 aromatic carbocycles. The molecule has 0 unspecified atom stereocenters. The minimum atomic E-state index is -3.77. The first-order valence-corrected chi connectivity index (χ1v) is 8.45. The smallest absolute Gasteiger partial charge is 0.338 e. The summed E-state index contributed by atoms with van der Waals surface area (Å²) < 4.78 is 27.4. The lowest BCUT2D eigenvalue weighted by molar-refractivity contribution is -0.763. The molecule has 0 spiro atoms. The summed E-state index contributed by atoms with van der Waals surface area (Å²) in [6, 6.07) is 11.6. The van der Waals surface area contributed by atoms with Gasteiger partial charge in [-0.25, -0.2) is 18.4 Å². The topological polar surface area (TPSA) is 139 Å². The molecule has 2 N–H and O–H groups in total. The van der Waals surface area contributed by atoms with Crippen LogP contribution in [0.3, 0.4) is 0 Å². The fourth-order valence-electron chi connectivity index (χ4n) is 1.87. The highest BCUT2D eigenvalue weighted by Gasteiger charge is 2.10. The highest BCUT2D eigenvalue weighted by molar-refractivity contribution is 7.89. The van der Waals surface area contributed by atoms with Gasteiger partial charge < -0.3 is 9.57 Å². The highest BCUT2D eigenvalue weighted by atomic mass is 32.2. The molecule has 0 amide bonds. The number of benzene rings is 2. The molecule has 0 aliphatic rings. The SMILES string of the molecule is NS(=O)(=O)c1ccc(COC(=O)c2ccc(CO[N+](=O)[O-])cc2)cc1. The van der Waals surface area contributed by atoms with Crippen molar-refractivity contribution in [3.8, 4) is 0 Å². The Morgan fingerprint density at radius 1 is 1.00 bits per heavy atom. The van der Waals surface area contributed by atoms with Crippen molar-refractivity contribution in [1.29, 1.82) is 0 Å². The zero-order chi connectivity index (χ0) is 18.4. The van der Waals surface area contributed by atoms with Crippen LogP contribution in [-0.4, -0.2) is 19.5 Å². The number of hydrogen-bond donors (Lipinski definition) is 1. The van der Waals surface area contributed by atoms with Gasteiger partial charge in [0.05, 0.1) is 10.5 Å². The van der Waals surface area contributed by atoms with E-state index in [-0.39, 0.29) is 23.7 Å². The van der Waals surface area contributed by atoms with Crippen molar-refractivity contribution in [2.45, 2.75) is 18.1 Å². The van der Waals surface area contributed by atoms with Crippen molar-refractivity contribution >= 4 is 16.0 Å². The average molecular weight is 366 g/mol. The van der Waals surface area contributed by atoms with Gasteiger partial charge in [-0.1, -0.05) is 24.3 Å². The fraction of sp³-hybridized carbons (Fsp3) is 0.133. The van der Waals surface area contributed by atoms with E-state index >= 15 is 0 Å². The minimum absolute atomic E-state index is 0.0323. The zero-order valence-corrected chi connectivity index (χ0v) is 13.6. The van der Waals surface area contributed by atoms with E-state index in [1.165, 1.54) is 48.5 Å². The third-order valence-corrected chi connectivity index (χ3v) is 4.08. The number of rotatable bonds is 7. The lowest BCUT2D eigenvalue weighted by atomic mass is 10.1. The van der Waals surface area contributed by atoms with E-state index in [1.54, 1.807) is 0 Å². The molecule has 0 heterocycles. The molecule has 0 bridgehead atoms. The molecular weight excluding hydrogens is 352 g/mol. The van der Waals surface area contributed by atoms with Crippen LogP contribution < -0.4 is 5.14 Å². The van der Waals surface area contributed by atoms with Gasteiger partial charge in [0.25, 0.3) is 5.09 Å². The van der Waals surface area contributed by atoms with E-state index in [9.17, 15) is 23.3 Å². The first kappa shape index (κ1) is 18.4. The van der Waals surface area contributed by atoms with Gasteiger partial charge in [-0.3, -0.25) is 0 Å². The van der Waals surface area contributed by atoms with Crippen LogP contribution in [0, 0.1) is 10.1 Å². The molecule has 0 saturated carbocycles. The lowest BCUT2D eigenvalue weighted by Gasteiger charge is -2.06. The molecule has 9 nitrogen and oxygen atoms in total. The average Bonchev–Trinajstić information content (AvgIpc) is 2.58. The Balaban J connectivity index is 1.92. The third kappa shape index (κ3) is 5.55. The molecule has 0 fully saturated rings. The van der Waals surface area contributed by atoms with Gasteiger partial charge in [0.1, 0.15) is 13.2 Å². The molecule has 25 heavy (non-hydrogen) atoms. The van der Waals surface area contributed by atoms with Crippen LogP contribution in [0.15, 0.2) is 53.4 Å². The monoisotopic (exact) mass is 366 g/mol. The summed E-state index contributed by atoms with van der Waals surface area (Å²) in [5.41, 5.74) is 1.40. The number of nitrogens with zero attached hydrogens (tertiary/aromatic N) is 1. The third-order valence-electron chi connectivity index (χ3n) is 3.15. The molecule has 0 aliphatic heterocycles. The lowest BCUT2D eigenvalue weighted by Crippen LogP contribution is -2.12. The summed E-state index contributed by atoms with van der Waals surface area (Å²) in [6.45, 7) is -0.255. The van der Waals surface area contributed by atoms with Crippen LogP contribution in [0.25, 0.3) is 0 Å². The molecule has 2 rings (SSSR count). The second-order valence-corrected chi connectivity index (χ2v) is 6.52. The maximum atomic E-state index is 11.9. The van der Waals surface area contributed by atoms with Gasteiger partial charge in [0, 0.05) is 0 Å². The summed E-state index contributed by atoms with van der Waals surface area (Å²) in [4.78, 5) is 26.2. The second-order valence-electron chi connectivity index (χ2n) is 4.96. The fourth-order valence-corrected chi connectivity index (χ4v) is 2.39. The predicted molar refractivity (Wildman–Crippen MR) is 85.2 cm³/mol. The summed E-state index contributed by atoms with van der Waals surface area (Å²) in [5, 5.41) is 14.2. The summed E-state index contributed by atoms with van der Waals surface area (Å²) in [5.74, 6) is -0.586. The quantitative estimate of drug-likeness (QED) is 0.444. The Labute approximate surface area is 143 Å². The van der Waals surface area contributed by atoms with Crippen molar-refractivity contribution in [3.05, 3.63) is 75.3 Å². The van der Waals surface area contributed by atoms with Crippen molar-refractivity contribution in [3.63, 3.8) is 0 Å². The van der Waals surface area contributed by atoms with Gasteiger partial charge in [-0.15, -0.1) is 10.1 Å². The van der Waals surface area contributed by atoms with E-state index in [4.69, 9.17) is 9.88 Å². The van der Waals surface area contributed by atoms with Crippen LogP contribution >= 0.6 is 0 Å². The number of hydrogen-bond acceptors (Lipinski definition) is 7. The Bertz CT molecular complexity index is 862. The number of sulfonamides is 1. The largest absolute Gasteiger partial charge is 0.457 e. The van der Waals surface area contributed by atoms with Crippen LogP contribution in [0.1, 0.15) is 21.5 Å². The van der Waals surface area contributed by atoms with Crippen molar-refractivity contribution in [2.24, 2.45) is 5.14 Å².